The van der Waals surface area contributed by atoms with Crippen LogP contribution in [-0.4, -0.2) is 14.8 Å². The van der Waals surface area contributed by atoms with E-state index in [9.17, 15) is 17.6 Å². The minimum atomic E-state index is -4.44. The first-order valence-corrected chi connectivity index (χ1v) is 10.3. The fourth-order valence-corrected chi connectivity index (χ4v) is 3.77. The van der Waals surface area contributed by atoms with Crippen LogP contribution < -0.4 is 4.74 Å². The summed E-state index contributed by atoms with van der Waals surface area (Å²) in [6, 6.07) is 12.0. The molecule has 0 spiro atoms. The topological polar surface area (TPSA) is 39.9 Å². The van der Waals surface area contributed by atoms with Crippen molar-refractivity contribution in [2.75, 3.05) is 0 Å². The van der Waals surface area contributed by atoms with Gasteiger partial charge in [-0.05, 0) is 42.0 Å². The van der Waals surface area contributed by atoms with Crippen LogP contribution in [0, 0.1) is 5.82 Å². The molecular weight excluding hydrogens is 481 g/mol. The Labute approximate surface area is 196 Å². The number of halogens is 6. The van der Waals surface area contributed by atoms with Gasteiger partial charge in [0.2, 0.25) is 0 Å². The van der Waals surface area contributed by atoms with Crippen molar-refractivity contribution in [2.24, 2.45) is 7.05 Å². The van der Waals surface area contributed by atoms with Gasteiger partial charge in [0.15, 0.2) is 5.82 Å². The average Bonchev–Trinajstić information content (AvgIpc) is 3.19. The Morgan fingerprint density at radius 1 is 1.00 bits per heavy atom. The summed E-state index contributed by atoms with van der Waals surface area (Å²) in [5, 5.41) is 4.52. The molecule has 33 heavy (non-hydrogen) atoms. The van der Waals surface area contributed by atoms with Gasteiger partial charge in [0, 0.05) is 23.7 Å². The normalized spacial score (nSPS) is 11.6. The Balaban J connectivity index is 1.75. The highest BCUT2D eigenvalue weighted by atomic mass is 35.5. The van der Waals surface area contributed by atoms with Crippen molar-refractivity contribution >= 4 is 23.2 Å². The second kappa shape index (κ2) is 9.03. The predicted molar refractivity (Wildman–Crippen MR) is 118 cm³/mol. The Hall–Kier alpha value is -3.10. The zero-order chi connectivity index (χ0) is 23.8. The zero-order valence-corrected chi connectivity index (χ0v) is 18.5. The third kappa shape index (κ3) is 4.96. The number of aryl methyl sites for hydroxylation is 1. The second-order valence-electron chi connectivity index (χ2n) is 7.16. The highest BCUT2D eigenvalue weighted by Gasteiger charge is 2.30. The monoisotopic (exact) mass is 495 g/mol. The maximum atomic E-state index is 14.8. The van der Waals surface area contributed by atoms with Crippen molar-refractivity contribution in [3.8, 4) is 28.3 Å². The molecule has 0 N–H and O–H groups in total. The van der Waals surface area contributed by atoms with Crippen LogP contribution in [-0.2, 0) is 19.8 Å². The molecule has 0 aliphatic rings. The van der Waals surface area contributed by atoms with Gasteiger partial charge in [-0.2, -0.15) is 18.3 Å². The summed E-state index contributed by atoms with van der Waals surface area (Å²) in [4.78, 5) is 4.19. The van der Waals surface area contributed by atoms with E-state index in [4.69, 9.17) is 27.9 Å². The van der Waals surface area contributed by atoms with Crippen LogP contribution in [0.15, 0.2) is 60.9 Å². The van der Waals surface area contributed by atoms with Gasteiger partial charge in [-0.3, -0.25) is 4.68 Å². The lowest BCUT2D eigenvalue weighted by Gasteiger charge is -2.17. The summed E-state index contributed by atoms with van der Waals surface area (Å²) in [5.41, 5.74) is 0.550. The number of benzene rings is 3. The standard InChI is InChI=1S/C23H15Cl2F4N3O/c1-32-12-30-22(31-32)14-9-16(20-17(24)3-2-4-19(20)26)21(18(25)10-14)33-11-13-5-7-15(8-6-13)23(27,28)29/h2-10,12H,11H2,1H3. The van der Waals surface area contributed by atoms with Crippen molar-refractivity contribution in [2.45, 2.75) is 12.8 Å². The summed E-state index contributed by atoms with van der Waals surface area (Å²) in [6.07, 6.45) is -2.93. The summed E-state index contributed by atoms with van der Waals surface area (Å²) >= 11 is 12.8. The van der Waals surface area contributed by atoms with Gasteiger partial charge >= 0.3 is 6.18 Å². The summed E-state index contributed by atoms with van der Waals surface area (Å²) in [7, 11) is 1.70. The molecule has 0 radical (unpaired) electrons. The van der Waals surface area contributed by atoms with Gasteiger partial charge in [0.25, 0.3) is 0 Å². The fraction of sp³-hybridized carbons (Fsp3) is 0.130. The van der Waals surface area contributed by atoms with Crippen LogP contribution in [0.4, 0.5) is 17.6 Å². The van der Waals surface area contributed by atoms with E-state index in [0.717, 1.165) is 12.1 Å². The third-order valence-corrected chi connectivity index (χ3v) is 5.39. The fourth-order valence-electron chi connectivity index (χ4n) is 3.23. The predicted octanol–water partition coefficient (Wildman–Crippen LogP) is 7.19. The summed E-state index contributed by atoms with van der Waals surface area (Å²) in [6.45, 7) is -0.0991. The lowest BCUT2D eigenvalue weighted by Crippen LogP contribution is -2.05. The number of hydrogen-bond donors (Lipinski definition) is 0. The van der Waals surface area contributed by atoms with Crippen molar-refractivity contribution in [3.05, 3.63) is 87.9 Å². The molecule has 10 heteroatoms. The summed E-state index contributed by atoms with van der Waals surface area (Å²) < 4.78 is 60.6. The van der Waals surface area contributed by atoms with E-state index in [1.54, 1.807) is 19.2 Å². The Morgan fingerprint density at radius 3 is 2.33 bits per heavy atom. The number of hydrogen-bond acceptors (Lipinski definition) is 3. The van der Waals surface area contributed by atoms with Gasteiger partial charge < -0.3 is 4.74 Å². The highest BCUT2D eigenvalue weighted by Crippen LogP contribution is 2.43. The number of rotatable bonds is 5. The molecular formula is C23H15Cl2F4N3O. The Bertz CT molecular complexity index is 1280. The molecule has 0 aliphatic heterocycles. The van der Waals surface area contributed by atoms with E-state index in [2.05, 4.69) is 10.1 Å². The maximum Gasteiger partial charge on any atom is 0.416 e. The quantitative estimate of drug-likeness (QED) is 0.275. The molecule has 4 rings (SSSR count). The lowest BCUT2D eigenvalue weighted by molar-refractivity contribution is -0.137. The van der Waals surface area contributed by atoms with Crippen LogP contribution in [0.5, 0.6) is 5.75 Å². The van der Waals surface area contributed by atoms with E-state index in [1.165, 1.54) is 41.3 Å². The SMILES string of the molecule is Cn1cnc(-c2cc(Cl)c(OCc3ccc(C(F)(F)F)cc3)c(-c3c(F)cccc3Cl)c2)n1. The first-order valence-electron chi connectivity index (χ1n) is 9.56. The third-order valence-electron chi connectivity index (χ3n) is 4.80. The molecule has 0 amide bonds. The molecule has 4 nitrogen and oxygen atoms in total. The molecule has 1 heterocycles. The van der Waals surface area contributed by atoms with Crippen molar-refractivity contribution in [3.63, 3.8) is 0 Å². The van der Waals surface area contributed by atoms with Crippen LogP contribution in [0.25, 0.3) is 22.5 Å². The largest absolute Gasteiger partial charge is 0.487 e. The highest BCUT2D eigenvalue weighted by molar-refractivity contribution is 6.35. The van der Waals surface area contributed by atoms with Gasteiger partial charge in [-0.15, -0.1) is 0 Å². The van der Waals surface area contributed by atoms with Crippen LogP contribution >= 0.6 is 23.2 Å². The van der Waals surface area contributed by atoms with Crippen LogP contribution in [0.1, 0.15) is 11.1 Å². The van der Waals surface area contributed by atoms with Crippen molar-refractivity contribution in [1.82, 2.24) is 14.8 Å². The minimum Gasteiger partial charge on any atom is -0.487 e. The average molecular weight is 496 g/mol. The van der Waals surface area contributed by atoms with Gasteiger partial charge in [0.1, 0.15) is 24.5 Å². The molecule has 0 bridgehead atoms. The van der Waals surface area contributed by atoms with Gasteiger partial charge in [0.05, 0.1) is 15.6 Å². The second-order valence-corrected chi connectivity index (χ2v) is 7.97. The molecule has 1 aromatic heterocycles. The molecule has 0 saturated heterocycles. The molecule has 0 saturated carbocycles. The number of alkyl halides is 3. The molecule has 0 aliphatic carbocycles. The van der Waals surface area contributed by atoms with Crippen molar-refractivity contribution < 1.29 is 22.3 Å². The molecule has 0 fully saturated rings. The van der Waals surface area contributed by atoms with Gasteiger partial charge in [-0.25, -0.2) is 9.37 Å². The van der Waals surface area contributed by atoms with E-state index >= 15 is 0 Å². The van der Waals surface area contributed by atoms with E-state index in [-0.39, 0.29) is 33.5 Å². The molecule has 3 aromatic carbocycles. The molecule has 0 unspecified atom stereocenters. The number of ether oxygens (including phenoxy) is 1. The Kier molecular flexibility index (Phi) is 6.32. The molecule has 0 atom stereocenters. The summed E-state index contributed by atoms with van der Waals surface area (Å²) in [5.74, 6) is -0.102. The molecule has 170 valence electrons. The lowest BCUT2D eigenvalue weighted by atomic mass is 10.0. The maximum absolute atomic E-state index is 14.8. The molecule has 4 aromatic rings. The van der Waals surface area contributed by atoms with Gasteiger partial charge in [-0.1, -0.05) is 41.4 Å². The first-order chi connectivity index (χ1) is 15.6. The van der Waals surface area contributed by atoms with E-state index in [0.29, 0.717) is 17.0 Å². The van der Waals surface area contributed by atoms with E-state index in [1.807, 2.05) is 0 Å². The Morgan fingerprint density at radius 2 is 1.73 bits per heavy atom. The number of nitrogens with zero attached hydrogens (tertiary/aromatic N) is 3. The van der Waals surface area contributed by atoms with Crippen molar-refractivity contribution in [1.29, 1.82) is 0 Å². The van der Waals surface area contributed by atoms with Crippen LogP contribution in [0.3, 0.4) is 0 Å². The smallest absolute Gasteiger partial charge is 0.416 e. The zero-order valence-electron chi connectivity index (χ0n) is 17.0. The number of aromatic nitrogens is 3. The van der Waals surface area contributed by atoms with E-state index < -0.39 is 17.6 Å². The minimum absolute atomic E-state index is 0.0706. The first kappa shape index (κ1) is 23.1. The van der Waals surface area contributed by atoms with Crippen LogP contribution in [0.2, 0.25) is 10.0 Å².